The summed E-state index contributed by atoms with van der Waals surface area (Å²) in [6, 6.07) is 3.58. The lowest BCUT2D eigenvalue weighted by Gasteiger charge is -2.32. The predicted octanol–water partition coefficient (Wildman–Crippen LogP) is 6.77. The Morgan fingerprint density at radius 3 is 2.59 bits per heavy atom. The van der Waals surface area contributed by atoms with E-state index < -0.39 is 10.8 Å². The van der Waals surface area contributed by atoms with Gasteiger partial charge >= 0.3 is 0 Å². The third kappa shape index (κ3) is 7.08. The van der Waals surface area contributed by atoms with E-state index in [4.69, 9.17) is 0 Å². The van der Waals surface area contributed by atoms with Gasteiger partial charge in [0.15, 0.2) is 0 Å². The summed E-state index contributed by atoms with van der Waals surface area (Å²) in [5, 5.41) is 23.0. The van der Waals surface area contributed by atoms with Gasteiger partial charge in [0.25, 0.3) is 5.69 Å². The summed E-state index contributed by atoms with van der Waals surface area (Å²) < 4.78 is 0. The normalized spacial score (nSPS) is 17.3. The smallest absolute Gasteiger partial charge is 0.296 e. The summed E-state index contributed by atoms with van der Waals surface area (Å²) in [4.78, 5) is 22.6. The monoisotopic (exact) mass is 436 g/mol. The van der Waals surface area contributed by atoms with Gasteiger partial charge in [0.2, 0.25) is 5.91 Å². The molecular weight excluding hydrogens is 404 g/mol. The molecule has 1 aliphatic carbocycles. The summed E-state index contributed by atoms with van der Waals surface area (Å²) in [6.07, 6.45) is 14.9. The minimum Gasteiger partial charge on any atom is -0.508 e. The number of nitrogens with one attached hydrogen (secondary N) is 1. The van der Waals surface area contributed by atoms with Gasteiger partial charge < -0.3 is 10.4 Å². The van der Waals surface area contributed by atoms with Crippen LogP contribution < -0.4 is 5.32 Å². The van der Waals surface area contributed by atoms with Crippen LogP contribution in [0.3, 0.4) is 0 Å². The topological polar surface area (TPSA) is 92.5 Å². The number of nitro groups is 1. The number of benzene rings is 1. The highest BCUT2D eigenvalue weighted by Crippen LogP contribution is 2.40. The first kappa shape index (κ1) is 24.9. The largest absolute Gasteiger partial charge is 0.508 e. The molecule has 1 aromatic carbocycles. The van der Waals surface area contributed by atoms with Crippen LogP contribution in [0.1, 0.15) is 53.9 Å². The number of phenols is 1. The Labute approximate surface area is 189 Å². The van der Waals surface area contributed by atoms with Gasteiger partial charge in [0.1, 0.15) is 11.4 Å². The zero-order valence-corrected chi connectivity index (χ0v) is 19.4. The summed E-state index contributed by atoms with van der Waals surface area (Å²) in [5.74, 6) is -0.720. The first-order valence-electron chi connectivity index (χ1n) is 10.7. The molecule has 0 aromatic heterocycles. The molecule has 170 valence electrons. The fourth-order valence-electron chi connectivity index (χ4n) is 3.83. The SMILES string of the molecule is CC(C=CC1=C(C)CCCC1(C)C)=CC=CC(C)=CC(=O)Nc1ccc(O)cc1[N+](=O)[O-]. The molecule has 0 saturated carbocycles. The Hall–Kier alpha value is -3.41. The van der Waals surface area contributed by atoms with Gasteiger partial charge in [-0.2, -0.15) is 0 Å². The summed E-state index contributed by atoms with van der Waals surface area (Å²) in [5.41, 5.74) is 4.53. The average Bonchev–Trinajstić information content (AvgIpc) is 2.68. The van der Waals surface area contributed by atoms with Gasteiger partial charge in [-0.15, -0.1) is 0 Å². The molecule has 6 heteroatoms. The molecule has 0 spiro atoms. The van der Waals surface area contributed by atoms with Crippen molar-refractivity contribution in [3.05, 3.63) is 87.1 Å². The lowest BCUT2D eigenvalue weighted by atomic mass is 9.72. The second-order valence-electron chi connectivity index (χ2n) is 8.87. The van der Waals surface area contributed by atoms with Crippen LogP contribution >= 0.6 is 0 Å². The number of amides is 1. The number of nitrogens with zero attached hydrogens (tertiary/aromatic N) is 1. The molecule has 0 atom stereocenters. The maximum atomic E-state index is 12.2. The van der Waals surface area contributed by atoms with Gasteiger partial charge in [-0.05, 0) is 68.7 Å². The maximum absolute atomic E-state index is 12.2. The van der Waals surface area contributed by atoms with Crippen LogP contribution in [0.25, 0.3) is 0 Å². The van der Waals surface area contributed by atoms with E-state index in [0.29, 0.717) is 5.57 Å². The van der Waals surface area contributed by atoms with Crippen LogP contribution in [0.4, 0.5) is 11.4 Å². The Morgan fingerprint density at radius 1 is 1.22 bits per heavy atom. The molecule has 0 heterocycles. The standard InChI is InChI=1S/C26H32N2O4/c1-18(11-13-22-20(3)10-7-15-26(22,4)5)8-6-9-19(2)16-25(30)27-23-14-12-21(29)17-24(23)28(31)32/h6,8-9,11-14,16-17,29H,7,10,15H2,1-5H3,(H,27,30). The number of phenolic OH excluding ortho intramolecular Hbond substituents is 1. The number of anilines is 1. The van der Waals surface area contributed by atoms with Gasteiger partial charge in [-0.1, -0.05) is 55.4 Å². The van der Waals surface area contributed by atoms with Crippen molar-refractivity contribution in [3.8, 4) is 5.75 Å². The lowest BCUT2D eigenvalue weighted by Crippen LogP contribution is -2.19. The molecule has 2 rings (SSSR count). The molecule has 2 N–H and O–H groups in total. The lowest BCUT2D eigenvalue weighted by molar-refractivity contribution is -0.384. The Bertz CT molecular complexity index is 1040. The van der Waals surface area contributed by atoms with E-state index in [9.17, 15) is 20.0 Å². The van der Waals surface area contributed by atoms with E-state index in [1.807, 2.05) is 19.1 Å². The van der Waals surface area contributed by atoms with Crippen LogP contribution in [-0.4, -0.2) is 15.9 Å². The molecule has 0 unspecified atom stereocenters. The van der Waals surface area contributed by atoms with E-state index in [2.05, 4.69) is 38.2 Å². The number of aromatic hydroxyl groups is 1. The third-order valence-electron chi connectivity index (χ3n) is 5.57. The first-order chi connectivity index (χ1) is 15.0. The minimum atomic E-state index is -0.654. The van der Waals surface area contributed by atoms with Crippen LogP contribution in [0.2, 0.25) is 0 Å². The van der Waals surface area contributed by atoms with Crippen LogP contribution in [0.15, 0.2) is 76.9 Å². The number of hydrogen-bond donors (Lipinski definition) is 2. The van der Waals surface area contributed by atoms with Crippen molar-refractivity contribution in [2.75, 3.05) is 5.32 Å². The van der Waals surface area contributed by atoms with Crippen molar-refractivity contribution in [1.29, 1.82) is 0 Å². The van der Waals surface area contributed by atoms with E-state index in [1.54, 1.807) is 13.0 Å². The van der Waals surface area contributed by atoms with Crippen molar-refractivity contribution in [2.45, 2.75) is 53.9 Å². The Balaban J connectivity index is 2.03. The summed E-state index contributed by atoms with van der Waals surface area (Å²) in [7, 11) is 0. The van der Waals surface area contributed by atoms with Gasteiger partial charge in [-0.25, -0.2) is 0 Å². The summed E-state index contributed by atoms with van der Waals surface area (Å²) in [6.45, 7) is 10.6. The molecule has 0 fully saturated rings. The second-order valence-corrected chi connectivity index (χ2v) is 8.87. The molecule has 0 radical (unpaired) electrons. The predicted molar refractivity (Wildman–Crippen MR) is 130 cm³/mol. The summed E-state index contributed by atoms with van der Waals surface area (Å²) >= 11 is 0. The number of carbonyl (C=O) groups excluding carboxylic acids is 1. The van der Waals surface area contributed by atoms with Crippen molar-refractivity contribution in [1.82, 2.24) is 0 Å². The first-order valence-corrected chi connectivity index (χ1v) is 10.7. The van der Waals surface area contributed by atoms with Crippen LogP contribution in [0.5, 0.6) is 5.75 Å². The number of nitro benzene ring substituents is 1. The number of allylic oxidation sites excluding steroid dienone is 9. The molecule has 0 aliphatic heterocycles. The van der Waals surface area contributed by atoms with Gasteiger partial charge in [0, 0.05) is 6.08 Å². The fraction of sp³-hybridized carbons (Fsp3) is 0.346. The van der Waals surface area contributed by atoms with Gasteiger partial charge in [0.05, 0.1) is 11.0 Å². The molecule has 1 aromatic rings. The van der Waals surface area contributed by atoms with Crippen LogP contribution in [-0.2, 0) is 4.79 Å². The Kier molecular flexibility index (Phi) is 8.35. The van der Waals surface area contributed by atoms with E-state index in [1.165, 1.54) is 42.2 Å². The van der Waals surface area contributed by atoms with Crippen molar-refractivity contribution >= 4 is 17.3 Å². The third-order valence-corrected chi connectivity index (χ3v) is 5.57. The molecule has 1 amide bonds. The van der Waals surface area contributed by atoms with Crippen LogP contribution in [0, 0.1) is 15.5 Å². The van der Waals surface area contributed by atoms with E-state index in [-0.39, 0.29) is 22.5 Å². The minimum absolute atomic E-state index is 0.0296. The zero-order chi connectivity index (χ0) is 23.9. The van der Waals surface area contributed by atoms with Gasteiger partial charge in [-0.3, -0.25) is 14.9 Å². The molecule has 32 heavy (non-hydrogen) atoms. The zero-order valence-electron chi connectivity index (χ0n) is 19.4. The molecule has 6 nitrogen and oxygen atoms in total. The number of carbonyl (C=O) groups is 1. The molecule has 1 aliphatic rings. The van der Waals surface area contributed by atoms with E-state index >= 15 is 0 Å². The molecule has 0 saturated heterocycles. The van der Waals surface area contributed by atoms with Crippen molar-refractivity contribution in [3.63, 3.8) is 0 Å². The van der Waals surface area contributed by atoms with Crippen molar-refractivity contribution < 1.29 is 14.8 Å². The molecular formula is C26H32N2O4. The average molecular weight is 437 g/mol. The fourth-order valence-corrected chi connectivity index (χ4v) is 3.83. The highest BCUT2D eigenvalue weighted by atomic mass is 16.6. The van der Waals surface area contributed by atoms with E-state index in [0.717, 1.165) is 18.1 Å². The quantitative estimate of drug-likeness (QED) is 0.162. The Morgan fingerprint density at radius 2 is 1.94 bits per heavy atom. The highest BCUT2D eigenvalue weighted by Gasteiger charge is 2.26. The highest BCUT2D eigenvalue weighted by molar-refractivity contribution is 6.01. The van der Waals surface area contributed by atoms with Crippen molar-refractivity contribution in [2.24, 2.45) is 5.41 Å². The number of hydrogen-bond acceptors (Lipinski definition) is 4. The maximum Gasteiger partial charge on any atom is 0.296 e. The number of rotatable bonds is 7. The second kappa shape index (κ2) is 10.8. The molecule has 0 bridgehead atoms.